The standard InChI is InChI=1S/C23H24N4O4/c1-15(28)24-17-10-12-20(31-4)19(14-17)25-22(30)23(2,3)27-21(29)13-11-18(26-27)16-8-6-5-7-9-16/h5-14H,1-4H3,(H,24,28)(H,25,30). The summed E-state index contributed by atoms with van der Waals surface area (Å²) in [5.41, 5.74) is 0.556. The molecule has 8 nitrogen and oxygen atoms in total. The van der Waals surface area contributed by atoms with Crippen molar-refractivity contribution in [2.75, 3.05) is 17.7 Å². The number of rotatable bonds is 6. The number of benzene rings is 2. The van der Waals surface area contributed by atoms with Crippen LogP contribution in [0, 0.1) is 0 Å². The molecule has 0 atom stereocenters. The van der Waals surface area contributed by atoms with Gasteiger partial charge in [0.1, 0.15) is 11.3 Å². The molecule has 1 heterocycles. The molecule has 0 unspecified atom stereocenters. The summed E-state index contributed by atoms with van der Waals surface area (Å²) in [7, 11) is 1.48. The summed E-state index contributed by atoms with van der Waals surface area (Å²) in [5.74, 6) is -0.293. The highest BCUT2D eigenvalue weighted by molar-refractivity contribution is 5.98. The van der Waals surface area contributed by atoms with Crippen LogP contribution in [0.5, 0.6) is 5.75 Å². The number of hydrogen-bond acceptors (Lipinski definition) is 5. The Bertz CT molecular complexity index is 1170. The highest BCUT2D eigenvalue weighted by Gasteiger charge is 2.33. The second kappa shape index (κ2) is 8.83. The topological polar surface area (TPSA) is 102 Å². The van der Waals surface area contributed by atoms with Crippen molar-refractivity contribution in [1.29, 1.82) is 0 Å². The molecule has 3 aromatic rings. The van der Waals surface area contributed by atoms with Gasteiger partial charge in [0.05, 0.1) is 18.5 Å². The monoisotopic (exact) mass is 420 g/mol. The van der Waals surface area contributed by atoms with Gasteiger partial charge in [0.2, 0.25) is 5.91 Å². The van der Waals surface area contributed by atoms with Crippen LogP contribution in [0.2, 0.25) is 0 Å². The molecule has 0 aliphatic heterocycles. The third kappa shape index (κ3) is 4.80. The van der Waals surface area contributed by atoms with Crippen molar-refractivity contribution < 1.29 is 14.3 Å². The maximum Gasteiger partial charge on any atom is 0.267 e. The molecule has 160 valence electrons. The molecule has 2 aromatic carbocycles. The van der Waals surface area contributed by atoms with Crippen molar-refractivity contribution in [2.45, 2.75) is 26.3 Å². The maximum atomic E-state index is 13.2. The van der Waals surface area contributed by atoms with Crippen molar-refractivity contribution in [3.05, 3.63) is 71.0 Å². The number of nitrogens with zero attached hydrogens (tertiary/aromatic N) is 2. The van der Waals surface area contributed by atoms with Gasteiger partial charge in [-0.3, -0.25) is 14.4 Å². The quantitative estimate of drug-likeness (QED) is 0.637. The van der Waals surface area contributed by atoms with E-state index in [2.05, 4.69) is 15.7 Å². The summed E-state index contributed by atoms with van der Waals surface area (Å²) in [6, 6.07) is 17.3. The zero-order valence-electron chi connectivity index (χ0n) is 17.8. The number of carbonyl (C=O) groups excluding carboxylic acids is 2. The average molecular weight is 420 g/mol. The Labute approximate surface area is 179 Å². The lowest BCUT2D eigenvalue weighted by Gasteiger charge is -2.26. The number of aromatic nitrogens is 2. The van der Waals surface area contributed by atoms with Crippen LogP contribution in [0.25, 0.3) is 11.3 Å². The first-order valence-electron chi connectivity index (χ1n) is 9.65. The van der Waals surface area contributed by atoms with E-state index in [1.165, 1.54) is 20.1 Å². The zero-order valence-corrected chi connectivity index (χ0v) is 17.8. The first-order chi connectivity index (χ1) is 14.7. The largest absolute Gasteiger partial charge is 0.495 e. The summed E-state index contributed by atoms with van der Waals surface area (Å²) in [4.78, 5) is 37.1. The molecule has 0 radical (unpaired) electrons. The third-order valence-corrected chi connectivity index (χ3v) is 4.72. The molecular weight excluding hydrogens is 396 g/mol. The van der Waals surface area contributed by atoms with E-state index in [-0.39, 0.29) is 5.91 Å². The fourth-order valence-corrected chi connectivity index (χ4v) is 3.03. The van der Waals surface area contributed by atoms with E-state index in [1.54, 1.807) is 38.1 Å². The average Bonchev–Trinajstić information content (AvgIpc) is 2.74. The van der Waals surface area contributed by atoms with Gasteiger partial charge in [-0.1, -0.05) is 30.3 Å². The molecule has 2 amide bonds. The Kier molecular flexibility index (Phi) is 6.20. The maximum absolute atomic E-state index is 13.2. The summed E-state index contributed by atoms with van der Waals surface area (Å²) in [6.07, 6.45) is 0. The molecule has 1 aromatic heterocycles. The van der Waals surface area contributed by atoms with Crippen LogP contribution in [-0.4, -0.2) is 28.7 Å². The smallest absolute Gasteiger partial charge is 0.267 e. The minimum Gasteiger partial charge on any atom is -0.495 e. The number of ether oxygens (including phenoxy) is 1. The van der Waals surface area contributed by atoms with E-state index >= 15 is 0 Å². The van der Waals surface area contributed by atoms with Gasteiger partial charge in [0.25, 0.3) is 11.5 Å². The first-order valence-corrected chi connectivity index (χ1v) is 9.65. The van der Waals surface area contributed by atoms with Crippen LogP contribution in [0.1, 0.15) is 20.8 Å². The highest BCUT2D eigenvalue weighted by Crippen LogP contribution is 2.29. The molecule has 31 heavy (non-hydrogen) atoms. The van der Waals surface area contributed by atoms with Gasteiger partial charge in [0, 0.05) is 24.2 Å². The van der Waals surface area contributed by atoms with Crippen LogP contribution in [0.3, 0.4) is 0 Å². The lowest BCUT2D eigenvalue weighted by Crippen LogP contribution is -2.47. The number of amides is 2. The molecule has 0 fully saturated rings. The summed E-state index contributed by atoms with van der Waals surface area (Å²) < 4.78 is 6.48. The number of nitrogens with one attached hydrogen (secondary N) is 2. The van der Waals surface area contributed by atoms with E-state index in [4.69, 9.17) is 4.74 Å². The van der Waals surface area contributed by atoms with Gasteiger partial charge < -0.3 is 15.4 Å². The fraction of sp³-hybridized carbons (Fsp3) is 0.217. The van der Waals surface area contributed by atoms with Crippen molar-refractivity contribution in [3.8, 4) is 17.0 Å². The predicted octanol–water partition coefficient (Wildman–Crippen LogP) is 3.25. The summed E-state index contributed by atoms with van der Waals surface area (Å²) in [6.45, 7) is 4.61. The Morgan fingerprint density at radius 2 is 1.71 bits per heavy atom. The minimum atomic E-state index is -1.31. The first kappa shape index (κ1) is 21.8. The van der Waals surface area contributed by atoms with Gasteiger partial charge in [-0.25, -0.2) is 4.68 Å². The van der Waals surface area contributed by atoms with Crippen LogP contribution < -0.4 is 20.9 Å². The van der Waals surface area contributed by atoms with Crippen molar-refractivity contribution in [3.63, 3.8) is 0 Å². The number of anilines is 2. The Morgan fingerprint density at radius 1 is 1.00 bits per heavy atom. The van der Waals surface area contributed by atoms with E-state index in [9.17, 15) is 14.4 Å². The number of carbonyl (C=O) groups is 2. The van der Waals surface area contributed by atoms with Gasteiger partial charge in [-0.05, 0) is 38.1 Å². The zero-order chi connectivity index (χ0) is 22.6. The minimum absolute atomic E-state index is 0.240. The van der Waals surface area contributed by atoms with E-state index in [0.717, 1.165) is 10.2 Å². The number of methoxy groups -OCH3 is 1. The van der Waals surface area contributed by atoms with E-state index < -0.39 is 17.0 Å². The lowest BCUT2D eigenvalue weighted by atomic mass is 10.0. The predicted molar refractivity (Wildman–Crippen MR) is 119 cm³/mol. The van der Waals surface area contributed by atoms with Gasteiger partial charge >= 0.3 is 0 Å². The van der Waals surface area contributed by atoms with E-state index in [1.807, 2.05) is 30.3 Å². The van der Waals surface area contributed by atoms with Crippen molar-refractivity contribution in [2.24, 2.45) is 0 Å². The van der Waals surface area contributed by atoms with Crippen LogP contribution in [0.4, 0.5) is 11.4 Å². The van der Waals surface area contributed by atoms with E-state index in [0.29, 0.717) is 22.8 Å². The Hall–Kier alpha value is -3.94. The van der Waals surface area contributed by atoms with Gasteiger partial charge in [-0.2, -0.15) is 5.10 Å². The molecule has 3 rings (SSSR count). The Morgan fingerprint density at radius 3 is 2.35 bits per heavy atom. The second-order valence-corrected chi connectivity index (χ2v) is 7.44. The molecule has 0 spiro atoms. The molecular formula is C23H24N4O4. The number of hydrogen-bond donors (Lipinski definition) is 2. The molecule has 0 aliphatic rings. The molecule has 8 heteroatoms. The van der Waals surface area contributed by atoms with Crippen LogP contribution in [0.15, 0.2) is 65.5 Å². The summed E-state index contributed by atoms with van der Waals surface area (Å²) >= 11 is 0. The van der Waals surface area contributed by atoms with Gasteiger partial charge in [-0.15, -0.1) is 0 Å². The SMILES string of the molecule is COc1ccc(NC(C)=O)cc1NC(=O)C(C)(C)n1nc(-c2ccccc2)ccc1=O. The molecule has 2 N–H and O–H groups in total. The van der Waals surface area contributed by atoms with Crippen molar-refractivity contribution >= 4 is 23.2 Å². The summed E-state index contributed by atoms with van der Waals surface area (Å²) in [5, 5.41) is 9.88. The molecule has 0 aliphatic carbocycles. The normalized spacial score (nSPS) is 11.0. The molecule has 0 saturated heterocycles. The molecule has 0 bridgehead atoms. The highest BCUT2D eigenvalue weighted by atomic mass is 16.5. The van der Waals surface area contributed by atoms with Gasteiger partial charge in [0.15, 0.2) is 0 Å². The molecule has 0 saturated carbocycles. The fourth-order valence-electron chi connectivity index (χ4n) is 3.03. The lowest BCUT2D eigenvalue weighted by molar-refractivity contribution is -0.123. The third-order valence-electron chi connectivity index (χ3n) is 4.72. The van der Waals surface area contributed by atoms with Crippen LogP contribution in [-0.2, 0) is 15.1 Å². The van der Waals surface area contributed by atoms with Crippen LogP contribution >= 0.6 is 0 Å². The van der Waals surface area contributed by atoms with Crippen molar-refractivity contribution in [1.82, 2.24) is 9.78 Å². The Balaban J connectivity index is 1.95. The second-order valence-electron chi connectivity index (χ2n) is 7.44.